The molecule has 0 aromatic heterocycles. The summed E-state index contributed by atoms with van der Waals surface area (Å²) < 4.78 is 12.6. The predicted octanol–water partition coefficient (Wildman–Crippen LogP) is 0.0974. The van der Waals surface area contributed by atoms with Crippen molar-refractivity contribution in [2.24, 2.45) is 0 Å². The van der Waals surface area contributed by atoms with Crippen molar-refractivity contribution >= 4 is 11.7 Å². The van der Waals surface area contributed by atoms with Crippen LogP contribution in [0.5, 0.6) is 0 Å². The van der Waals surface area contributed by atoms with Crippen molar-refractivity contribution in [2.75, 3.05) is 0 Å². The maximum Gasteiger partial charge on any atom is 0.273 e. The van der Waals surface area contributed by atoms with Crippen molar-refractivity contribution in [1.82, 2.24) is 0 Å². The van der Waals surface area contributed by atoms with E-state index in [1.165, 1.54) is 0 Å². The number of rotatable bonds is 2. The minimum atomic E-state index is -1.65. The number of nitro benzene ring substituents is 1. The number of carboxylic acids is 1. The van der Waals surface area contributed by atoms with E-state index in [1.807, 2.05) is 0 Å². The monoisotopic (exact) mass is 184 g/mol. The van der Waals surface area contributed by atoms with Crippen molar-refractivity contribution in [3.8, 4) is 0 Å². The maximum absolute atomic E-state index is 12.6. The highest BCUT2D eigenvalue weighted by Crippen LogP contribution is 2.15. The summed E-state index contributed by atoms with van der Waals surface area (Å²) >= 11 is 0. The van der Waals surface area contributed by atoms with Gasteiger partial charge in [-0.2, -0.15) is 0 Å². The fraction of sp³-hybridized carbons (Fsp3) is 0. The third kappa shape index (κ3) is 1.98. The SMILES string of the molecule is O=C([O-])c1cc(F)cc([N+](=O)[O-])c1. The quantitative estimate of drug-likeness (QED) is 0.481. The number of carbonyl (C=O) groups is 1. The van der Waals surface area contributed by atoms with Crippen LogP contribution in [0.25, 0.3) is 0 Å². The van der Waals surface area contributed by atoms with E-state index in [2.05, 4.69) is 0 Å². The highest BCUT2D eigenvalue weighted by Gasteiger charge is 2.09. The number of aromatic carboxylic acids is 1. The Kier molecular flexibility index (Phi) is 2.23. The summed E-state index contributed by atoms with van der Waals surface area (Å²) in [6, 6.07) is 2.02. The summed E-state index contributed by atoms with van der Waals surface area (Å²) in [5.41, 5.74) is -1.16. The number of halogens is 1. The van der Waals surface area contributed by atoms with E-state index < -0.39 is 28.0 Å². The predicted molar refractivity (Wildman–Crippen MR) is 37.4 cm³/mol. The van der Waals surface area contributed by atoms with E-state index in [9.17, 15) is 24.4 Å². The number of non-ortho nitro benzene ring substituents is 1. The van der Waals surface area contributed by atoms with Gasteiger partial charge in [-0.1, -0.05) is 0 Å². The first-order valence-corrected chi connectivity index (χ1v) is 3.17. The zero-order valence-electron chi connectivity index (χ0n) is 6.19. The minimum Gasteiger partial charge on any atom is -0.545 e. The van der Waals surface area contributed by atoms with E-state index in [0.29, 0.717) is 12.1 Å². The van der Waals surface area contributed by atoms with E-state index >= 15 is 0 Å². The van der Waals surface area contributed by atoms with Gasteiger partial charge in [-0.25, -0.2) is 4.39 Å². The van der Waals surface area contributed by atoms with Gasteiger partial charge in [0.1, 0.15) is 5.82 Å². The molecule has 0 aliphatic rings. The third-order valence-electron chi connectivity index (χ3n) is 1.33. The molecule has 68 valence electrons. The van der Waals surface area contributed by atoms with E-state index in [4.69, 9.17) is 0 Å². The number of hydrogen-bond acceptors (Lipinski definition) is 4. The van der Waals surface area contributed by atoms with Crippen molar-refractivity contribution in [1.29, 1.82) is 0 Å². The molecule has 0 spiro atoms. The van der Waals surface area contributed by atoms with Crippen LogP contribution in [0, 0.1) is 15.9 Å². The summed E-state index contributed by atoms with van der Waals surface area (Å²) in [5.74, 6) is -2.63. The molecule has 0 aliphatic heterocycles. The highest BCUT2D eigenvalue weighted by atomic mass is 19.1. The second-order valence-electron chi connectivity index (χ2n) is 2.24. The zero-order valence-corrected chi connectivity index (χ0v) is 6.19. The molecular formula is C7H3FNO4-. The average Bonchev–Trinajstić information content (AvgIpc) is 2.03. The van der Waals surface area contributed by atoms with Gasteiger partial charge >= 0.3 is 0 Å². The molecule has 0 bridgehead atoms. The molecule has 5 nitrogen and oxygen atoms in total. The molecule has 0 heterocycles. The fourth-order valence-corrected chi connectivity index (χ4v) is 0.797. The van der Waals surface area contributed by atoms with Crippen LogP contribution in [0.3, 0.4) is 0 Å². The minimum absolute atomic E-state index is 0.549. The molecule has 0 fully saturated rings. The number of benzene rings is 1. The van der Waals surface area contributed by atoms with E-state index in [0.717, 1.165) is 6.07 Å². The molecule has 0 saturated carbocycles. The Morgan fingerprint density at radius 3 is 2.46 bits per heavy atom. The average molecular weight is 184 g/mol. The molecule has 0 N–H and O–H groups in total. The topological polar surface area (TPSA) is 83.3 Å². The molecule has 0 amide bonds. The van der Waals surface area contributed by atoms with Crippen molar-refractivity contribution in [2.45, 2.75) is 0 Å². The first-order valence-electron chi connectivity index (χ1n) is 3.17. The van der Waals surface area contributed by atoms with Crippen LogP contribution < -0.4 is 5.11 Å². The van der Waals surface area contributed by atoms with Gasteiger partial charge < -0.3 is 9.90 Å². The lowest BCUT2D eigenvalue weighted by atomic mass is 10.2. The summed E-state index contributed by atoms with van der Waals surface area (Å²) in [5, 5.41) is 20.4. The van der Waals surface area contributed by atoms with Crippen molar-refractivity contribution < 1.29 is 19.2 Å². The van der Waals surface area contributed by atoms with Crippen LogP contribution in [-0.2, 0) is 0 Å². The molecule has 0 aliphatic carbocycles. The molecule has 0 saturated heterocycles. The number of nitro groups is 1. The van der Waals surface area contributed by atoms with Crippen LogP contribution in [0.2, 0.25) is 0 Å². The summed E-state index contributed by atoms with van der Waals surface area (Å²) in [6.07, 6.45) is 0. The number of nitrogens with zero attached hydrogens (tertiary/aromatic N) is 1. The Labute approximate surface area is 71.6 Å². The fourth-order valence-electron chi connectivity index (χ4n) is 0.797. The van der Waals surface area contributed by atoms with Crippen molar-refractivity contribution in [3.05, 3.63) is 39.7 Å². The number of carbonyl (C=O) groups excluding carboxylic acids is 1. The largest absolute Gasteiger partial charge is 0.545 e. The summed E-state index contributed by atoms with van der Waals surface area (Å²) in [6.45, 7) is 0. The zero-order chi connectivity index (χ0) is 10.0. The van der Waals surface area contributed by atoms with E-state index in [-0.39, 0.29) is 0 Å². The number of hydrogen-bond donors (Lipinski definition) is 0. The Balaban J connectivity index is 3.26. The van der Waals surface area contributed by atoms with Gasteiger partial charge in [-0.15, -0.1) is 0 Å². The molecule has 13 heavy (non-hydrogen) atoms. The molecule has 0 atom stereocenters. The first kappa shape index (κ1) is 9.11. The first-order chi connectivity index (χ1) is 6.00. The van der Waals surface area contributed by atoms with Crippen LogP contribution in [-0.4, -0.2) is 10.9 Å². The van der Waals surface area contributed by atoms with Crippen LogP contribution >= 0.6 is 0 Å². The second-order valence-corrected chi connectivity index (χ2v) is 2.24. The van der Waals surface area contributed by atoms with Gasteiger partial charge in [0.05, 0.1) is 17.0 Å². The lowest BCUT2D eigenvalue weighted by molar-refractivity contribution is -0.385. The van der Waals surface area contributed by atoms with Gasteiger partial charge in [-0.3, -0.25) is 10.1 Å². The molecule has 6 heteroatoms. The van der Waals surface area contributed by atoms with Gasteiger partial charge in [0.25, 0.3) is 5.69 Å². The smallest absolute Gasteiger partial charge is 0.273 e. The van der Waals surface area contributed by atoms with Gasteiger partial charge in [0.15, 0.2) is 0 Å². The number of carboxylic acid groups (broad SMARTS) is 1. The normalized spacial score (nSPS) is 9.62. The Morgan fingerprint density at radius 2 is 2.00 bits per heavy atom. The standard InChI is InChI=1S/C7H4FNO4/c8-5-1-4(7(10)11)2-6(3-5)9(12)13/h1-3H,(H,10,11)/p-1. The Bertz CT molecular complexity index is 345. The maximum atomic E-state index is 12.6. The second kappa shape index (κ2) is 3.18. The Morgan fingerprint density at radius 1 is 1.38 bits per heavy atom. The van der Waals surface area contributed by atoms with Crippen LogP contribution in [0.1, 0.15) is 10.4 Å². The molecule has 1 aromatic carbocycles. The summed E-state index contributed by atoms with van der Waals surface area (Å²) in [7, 11) is 0. The van der Waals surface area contributed by atoms with Gasteiger partial charge in [0.2, 0.25) is 0 Å². The third-order valence-corrected chi connectivity index (χ3v) is 1.33. The van der Waals surface area contributed by atoms with E-state index in [1.54, 1.807) is 0 Å². The van der Waals surface area contributed by atoms with Crippen LogP contribution in [0.4, 0.5) is 10.1 Å². The lowest BCUT2D eigenvalue weighted by Crippen LogP contribution is -2.22. The molecular weight excluding hydrogens is 181 g/mol. The molecule has 0 unspecified atom stereocenters. The van der Waals surface area contributed by atoms with Gasteiger partial charge in [0, 0.05) is 11.6 Å². The molecule has 1 aromatic rings. The highest BCUT2D eigenvalue weighted by molar-refractivity contribution is 5.86. The van der Waals surface area contributed by atoms with Gasteiger partial charge in [-0.05, 0) is 6.07 Å². The van der Waals surface area contributed by atoms with Crippen molar-refractivity contribution in [3.63, 3.8) is 0 Å². The van der Waals surface area contributed by atoms with Crippen LogP contribution in [0.15, 0.2) is 18.2 Å². The Hall–Kier alpha value is -1.98. The lowest BCUT2D eigenvalue weighted by Gasteiger charge is -2.01. The summed E-state index contributed by atoms with van der Waals surface area (Å²) in [4.78, 5) is 19.5. The molecule has 0 radical (unpaired) electrons. The molecule has 1 rings (SSSR count).